The van der Waals surface area contributed by atoms with Gasteiger partial charge in [0.25, 0.3) is 0 Å². The number of nitrogens with one attached hydrogen (secondary N) is 2. The third-order valence-corrected chi connectivity index (χ3v) is 6.73. The van der Waals surface area contributed by atoms with Crippen LogP contribution in [0, 0.1) is 17.4 Å². The maximum Gasteiger partial charge on any atom is 0.242 e. The molecule has 8 nitrogen and oxygen atoms in total. The first-order valence-electron chi connectivity index (χ1n) is 8.74. The topological polar surface area (TPSA) is 112 Å². The van der Waals surface area contributed by atoms with E-state index >= 15 is 0 Å². The number of sulfonamides is 1. The zero-order valence-electron chi connectivity index (χ0n) is 14.7. The summed E-state index contributed by atoms with van der Waals surface area (Å²) in [6.45, 7) is 1.93. The molecule has 1 aromatic rings. The molecule has 0 bridgehead atoms. The molecule has 1 atom stereocenters. The smallest absolute Gasteiger partial charge is 0.242 e. The Morgan fingerprint density at radius 1 is 1.30 bits per heavy atom. The number of benzene rings is 1. The number of hydrogen-bond donors (Lipinski definition) is 2. The van der Waals surface area contributed by atoms with Crippen LogP contribution in [0.3, 0.4) is 0 Å². The lowest BCUT2D eigenvalue weighted by Gasteiger charge is -2.21. The molecule has 2 N–H and O–H groups in total. The molecular formula is C17H21ClN4O4S. The van der Waals surface area contributed by atoms with Gasteiger partial charge < -0.3 is 15.0 Å². The lowest BCUT2D eigenvalue weighted by molar-refractivity contribution is -0.122. The van der Waals surface area contributed by atoms with Crippen LogP contribution in [-0.4, -0.2) is 51.6 Å². The van der Waals surface area contributed by atoms with Gasteiger partial charge in [0.1, 0.15) is 4.90 Å². The Morgan fingerprint density at radius 2 is 2.04 bits per heavy atom. The fourth-order valence-corrected chi connectivity index (χ4v) is 5.01. The van der Waals surface area contributed by atoms with Gasteiger partial charge in [-0.2, -0.15) is 5.26 Å². The van der Waals surface area contributed by atoms with Crippen molar-refractivity contribution in [2.75, 3.05) is 31.6 Å². The first-order valence-corrected chi connectivity index (χ1v) is 10.6. The maximum absolute atomic E-state index is 12.7. The second-order valence-electron chi connectivity index (χ2n) is 6.67. The quantitative estimate of drug-likeness (QED) is 0.709. The minimum Gasteiger partial charge on any atom is -0.381 e. The molecule has 2 fully saturated rings. The number of amides is 1. The summed E-state index contributed by atoms with van der Waals surface area (Å²) >= 11 is 6.10. The number of likely N-dealkylation sites (tertiary alicyclic amines) is 1. The van der Waals surface area contributed by atoms with Gasteiger partial charge in [-0.15, -0.1) is 0 Å². The van der Waals surface area contributed by atoms with Crippen molar-refractivity contribution in [3.05, 3.63) is 23.2 Å². The fourth-order valence-electron chi connectivity index (χ4n) is 3.22. The molecule has 1 amide bonds. The van der Waals surface area contributed by atoms with Gasteiger partial charge in [-0.3, -0.25) is 4.79 Å². The van der Waals surface area contributed by atoms with Crippen LogP contribution in [0.2, 0.25) is 5.02 Å². The molecule has 0 saturated carbocycles. The van der Waals surface area contributed by atoms with Crippen LogP contribution in [0.15, 0.2) is 23.1 Å². The van der Waals surface area contributed by atoms with Gasteiger partial charge in [0.05, 0.1) is 5.02 Å². The second-order valence-corrected chi connectivity index (χ2v) is 8.76. The first-order chi connectivity index (χ1) is 12.9. The molecule has 10 heteroatoms. The fraction of sp³-hybridized carbons (Fsp3) is 0.529. The van der Waals surface area contributed by atoms with Crippen LogP contribution in [0.1, 0.15) is 19.3 Å². The van der Waals surface area contributed by atoms with Gasteiger partial charge in [-0.05, 0) is 37.5 Å². The molecule has 2 aliphatic rings. The van der Waals surface area contributed by atoms with Crippen LogP contribution in [0.4, 0.5) is 5.69 Å². The summed E-state index contributed by atoms with van der Waals surface area (Å²) in [5.74, 6) is -0.305. The molecule has 2 saturated heterocycles. The van der Waals surface area contributed by atoms with Gasteiger partial charge in [0, 0.05) is 44.0 Å². The van der Waals surface area contributed by atoms with E-state index in [4.69, 9.17) is 21.6 Å². The highest BCUT2D eigenvalue weighted by Gasteiger charge is 2.28. The van der Waals surface area contributed by atoms with E-state index in [1.54, 1.807) is 6.07 Å². The number of anilines is 1. The first kappa shape index (κ1) is 19.9. The number of nitrogens with zero attached hydrogens (tertiary/aromatic N) is 2. The highest BCUT2D eigenvalue weighted by molar-refractivity contribution is 7.89. The zero-order chi connectivity index (χ0) is 19.4. The van der Waals surface area contributed by atoms with Crippen molar-refractivity contribution in [2.24, 2.45) is 5.92 Å². The molecular weight excluding hydrogens is 392 g/mol. The molecule has 0 spiro atoms. The molecule has 0 radical (unpaired) electrons. The van der Waals surface area contributed by atoms with Gasteiger partial charge in [-0.25, -0.2) is 13.1 Å². The molecule has 146 valence electrons. The lowest BCUT2D eigenvalue weighted by Crippen LogP contribution is -2.36. The molecule has 0 unspecified atom stereocenters. The Morgan fingerprint density at radius 3 is 2.70 bits per heavy atom. The zero-order valence-corrected chi connectivity index (χ0v) is 16.2. The summed E-state index contributed by atoms with van der Waals surface area (Å²) < 4.78 is 33.3. The van der Waals surface area contributed by atoms with E-state index in [1.165, 1.54) is 17.0 Å². The predicted molar refractivity (Wildman–Crippen MR) is 99.5 cm³/mol. The Bertz CT molecular complexity index is 849. The SMILES string of the molecule is N#CN1CC[C@@H](NS(=O)(=O)c2cc(NC(=O)C3CCOCC3)ccc2Cl)C1. The molecule has 0 aliphatic carbocycles. The van der Waals surface area contributed by atoms with Crippen molar-refractivity contribution < 1.29 is 17.9 Å². The number of ether oxygens (including phenoxy) is 1. The van der Waals surface area contributed by atoms with E-state index in [-0.39, 0.29) is 27.8 Å². The standard InChI is InChI=1S/C17H21ClN4O4S/c18-15-2-1-13(20-17(23)12-4-7-26-8-5-12)9-16(15)27(24,25)21-14-3-6-22(10-14)11-19/h1-2,9,12,14,21H,3-8,10H2,(H,20,23)/t14-/m1/s1. The van der Waals surface area contributed by atoms with Crippen LogP contribution in [0.25, 0.3) is 0 Å². The summed E-state index contributed by atoms with van der Waals surface area (Å²) in [5.41, 5.74) is 0.376. The van der Waals surface area contributed by atoms with Gasteiger partial charge in [-0.1, -0.05) is 11.6 Å². The van der Waals surface area contributed by atoms with Crippen molar-refractivity contribution in [3.63, 3.8) is 0 Å². The van der Waals surface area contributed by atoms with E-state index in [0.29, 0.717) is 51.3 Å². The Kier molecular flexibility index (Phi) is 6.22. The minimum absolute atomic E-state index is 0.0710. The number of carbonyl (C=O) groups is 1. The average molecular weight is 413 g/mol. The third-order valence-electron chi connectivity index (χ3n) is 4.73. The monoisotopic (exact) mass is 412 g/mol. The Labute approximate surface area is 163 Å². The highest BCUT2D eigenvalue weighted by atomic mass is 35.5. The normalized spacial score (nSPS) is 21.0. The van der Waals surface area contributed by atoms with Crippen LogP contribution < -0.4 is 10.0 Å². The number of rotatable bonds is 5. The van der Waals surface area contributed by atoms with Crippen molar-refractivity contribution in [3.8, 4) is 6.19 Å². The highest BCUT2D eigenvalue weighted by Crippen LogP contribution is 2.27. The maximum atomic E-state index is 12.7. The summed E-state index contributed by atoms with van der Waals surface area (Å²) in [4.78, 5) is 13.8. The van der Waals surface area contributed by atoms with E-state index in [9.17, 15) is 13.2 Å². The van der Waals surface area contributed by atoms with Crippen LogP contribution >= 0.6 is 11.6 Å². The van der Waals surface area contributed by atoms with E-state index in [2.05, 4.69) is 10.0 Å². The van der Waals surface area contributed by atoms with Gasteiger partial charge >= 0.3 is 0 Å². The second kappa shape index (κ2) is 8.44. The molecule has 0 aromatic heterocycles. The lowest BCUT2D eigenvalue weighted by atomic mass is 9.99. The van der Waals surface area contributed by atoms with Gasteiger partial charge in [0.2, 0.25) is 15.9 Å². The number of carbonyl (C=O) groups excluding carboxylic acids is 1. The number of nitriles is 1. The summed E-state index contributed by atoms with van der Waals surface area (Å²) in [6, 6.07) is 4.03. The molecule has 1 aromatic carbocycles. The van der Waals surface area contributed by atoms with Gasteiger partial charge in [0.15, 0.2) is 6.19 Å². The number of halogens is 1. The largest absolute Gasteiger partial charge is 0.381 e. The molecule has 2 heterocycles. The van der Waals surface area contributed by atoms with Crippen LogP contribution in [0.5, 0.6) is 0 Å². The van der Waals surface area contributed by atoms with E-state index in [0.717, 1.165) is 0 Å². The summed E-state index contributed by atoms with van der Waals surface area (Å²) in [6.07, 6.45) is 3.84. The van der Waals surface area contributed by atoms with E-state index < -0.39 is 10.0 Å². The Balaban J connectivity index is 1.72. The van der Waals surface area contributed by atoms with Crippen LogP contribution in [-0.2, 0) is 19.6 Å². The summed E-state index contributed by atoms with van der Waals surface area (Å²) in [5, 5.41) is 11.7. The summed E-state index contributed by atoms with van der Waals surface area (Å²) in [7, 11) is -3.88. The average Bonchev–Trinajstić information content (AvgIpc) is 3.10. The molecule has 27 heavy (non-hydrogen) atoms. The van der Waals surface area contributed by atoms with Crippen molar-refractivity contribution in [2.45, 2.75) is 30.2 Å². The number of hydrogen-bond acceptors (Lipinski definition) is 6. The minimum atomic E-state index is -3.88. The van der Waals surface area contributed by atoms with Crippen molar-refractivity contribution in [1.29, 1.82) is 5.26 Å². The van der Waals surface area contributed by atoms with E-state index in [1.807, 2.05) is 6.19 Å². The van der Waals surface area contributed by atoms with Crippen molar-refractivity contribution >= 4 is 33.2 Å². The predicted octanol–water partition coefficient (Wildman–Crippen LogP) is 1.54. The third kappa shape index (κ3) is 4.90. The molecule has 2 aliphatic heterocycles. The Hall–Kier alpha value is -1.86. The van der Waals surface area contributed by atoms with Crippen molar-refractivity contribution in [1.82, 2.24) is 9.62 Å². The molecule has 3 rings (SSSR count).